The van der Waals surface area contributed by atoms with Crippen molar-refractivity contribution in [3.63, 3.8) is 0 Å². The van der Waals surface area contributed by atoms with Crippen molar-refractivity contribution in [1.29, 1.82) is 0 Å². The first-order valence-corrected chi connectivity index (χ1v) is 7.20. The predicted molar refractivity (Wildman–Crippen MR) is 71.1 cm³/mol. The zero-order valence-corrected chi connectivity index (χ0v) is 11.6. The van der Waals surface area contributed by atoms with E-state index in [0.717, 1.165) is 6.42 Å². The van der Waals surface area contributed by atoms with Gasteiger partial charge in [-0.25, -0.2) is 0 Å². The minimum atomic E-state index is -0.793. The molecule has 18 heavy (non-hydrogen) atoms. The van der Waals surface area contributed by atoms with E-state index >= 15 is 0 Å². The van der Waals surface area contributed by atoms with Crippen molar-refractivity contribution < 1.29 is 9.53 Å². The third-order valence-electron chi connectivity index (χ3n) is 4.50. The fraction of sp³-hybridized carbons (Fsp3) is 0.929. The molecule has 0 aromatic heterocycles. The molecule has 1 aliphatic carbocycles. The van der Waals surface area contributed by atoms with Crippen LogP contribution in [0.5, 0.6) is 0 Å². The lowest BCUT2D eigenvalue weighted by atomic mass is 9.77. The van der Waals surface area contributed by atoms with Crippen LogP contribution in [0.4, 0.5) is 0 Å². The maximum atomic E-state index is 12.3. The zero-order chi connectivity index (χ0) is 13.2. The Balaban J connectivity index is 1.96. The fourth-order valence-electron chi connectivity index (χ4n) is 3.21. The van der Waals surface area contributed by atoms with Gasteiger partial charge in [0.05, 0.1) is 6.61 Å². The number of nitrogens with two attached hydrogens (primary N) is 1. The first kappa shape index (κ1) is 13.8. The van der Waals surface area contributed by atoms with Crippen LogP contribution in [0.25, 0.3) is 0 Å². The molecule has 4 nitrogen and oxygen atoms in total. The SMILES string of the molecule is CC(C)C1CCCCC1NC(=O)C1(N)CCOC1. The number of ether oxygens (including phenoxy) is 1. The lowest BCUT2D eigenvalue weighted by Gasteiger charge is -2.36. The van der Waals surface area contributed by atoms with Crippen molar-refractivity contribution >= 4 is 5.91 Å². The van der Waals surface area contributed by atoms with Gasteiger partial charge in [0.1, 0.15) is 5.54 Å². The summed E-state index contributed by atoms with van der Waals surface area (Å²) in [5, 5.41) is 3.19. The number of amides is 1. The molecular formula is C14H26N2O2. The number of hydrogen-bond donors (Lipinski definition) is 2. The Labute approximate surface area is 110 Å². The highest BCUT2D eigenvalue weighted by Gasteiger charge is 2.40. The molecule has 1 aliphatic heterocycles. The van der Waals surface area contributed by atoms with Crippen molar-refractivity contribution in [3.05, 3.63) is 0 Å². The van der Waals surface area contributed by atoms with Crippen LogP contribution in [-0.2, 0) is 9.53 Å². The highest BCUT2D eigenvalue weighted by molar-refractivity contribution is 5.86. The Kier molecular flexibility index (Phi) is 4.28. The average molecular weight is 254 g/mol. The number of carbonyl (C=O) groups is 1. The van der Waals surface area contributed by atoms with Gasteiger partial charge in [0.2, 0.25) is 5.91 Å². The summed E-state index contributed by atoms with van der Waals surface area (Å²) in [6.07, 6.45) is 5.44. The van der Waals surface area contributed by atoms with Gasteiger partial charge in [0.15, 0.2) is 0 Å². The minimum Gasteiger partial charge on any atom is -0.379 e. The van der Waals surface area contributed by atoms with E-state index in [1.54, 1.807) is 0 Å². The molecule has 1 amide bonds. The molecule has 0 radical (unpaired) electrons. The molecule has 2 fully saturated rings. The van der Waals surface area contributed by atoms with Crippen LogP contribution in [0, 0.1) is 11.8 Å². The Bertz CT molecular complexity index is 298. The molecule has 4 heteroatoms. The third kappa shape index (κ3) is 2.86. The summed E-state index contributed by atoms with van der Waals surface area (Å²) in [7, 11) is 0. The van der Waals surface area contributed by atoms with E-state index in [0.29, 0.717) is 37.5 Å². The molecule has 104 valence electrons. The van der Waals surface area contributed by atoms with E-state index in [4.69, 9.17) is 10.5 Å². The number of nitrogens with one attached hydrogen (secondary N) is 1. The summed E-state index contributed by atoms with van der Waals surface area (Å²) in [6.45, 7) is 5.44. The van der Waals surface area contributed by atoms with Crippen molar-refractivity contribution in [2.45, 2.75) is 57.5 Å². The van der Waals surface area contributed by atoms with Crippen molar-refractivity contribution in [1.82, 2.24) is 5.32 Å². The van der Waals surface area contributed by atoms with E-state index in [2.05, 4.69) is 19.2 Å². The van der Waals surface area contributed by atoms with Crippen LogP contribution in [0.3, 0.4) is 0 Å². The number of hydrogen-bond acceptors (Lipinski definition) is 3. The quantitative estimate of drug-likeness (QED) is 0.801. The highest BCUT2D eigenvalue weighted by Crippen LogP contribution is 2.30. The van der Waals surface area contributed by atoms with Gasteiger partial charge < -0.3 is 15.8 Å². The summed E-state index contributed by atoms with van der Waals surface area (Å²) in [5.74, 6) is 1.19. The van der Waals surface area contributed by atoms with Gasteiger partial charge in [0.25, 0.3) is 0 Å². The van der Waals surface area contributed by atoms with Gasteiger partial charge >= 0.3 is 0 Å². The molecule has 3 atom stereocenters. The Morgan fingerprint density at radius 1 is 1.39 bits per heavy atom. The Hall–Kier alpha value is -0.610. The number of carbonyl (C=O) groups excluding carboxylic acids is 1. The van der Waals surface area contributed by atoms with Crippen LogP contribution in [0.15, 0.2) is 0 Å². The Morgan fingerprint density at radius 2 is 2.11 bits per heavy atom. The standard InChI is InChI=1S/C14H26N2O2/c1-10(2)11-5-3-4-6-12(11)16-13(17)14(15)7-8-18-9-14/h10-12H,3-9,15H2,1-2H3,(H,16,17). The molecule has 3 N–H and O–H groups in total. The number of rotatable bonds is 3. The average Bonchev–Trinajstić information content (AvgIpc) is 2.78. The van der Waals surface area contributed by atoms with E-state index in [1.165, 1.54) is 19.3 Å². The van der Waals surface area contributed by atoms with E-state index in [-0.39, 0.29) is 5.91 Å². The van der Waals surface area contributed by atoms with Crippen LogP contribution in [-0.4, -0.2) is 30.7 Å². The van der Waals surface area contributed by atoms with E-state index in [9.17, 15) is 4.79 Å². The molecule has 0 aromatic carbocycles. The molecule has 0 spiro atoms. The zero-order valence-electron chi connectivity index (χ0n) is 11.6. The molecule has 2 aliphatic rings. The lowest BCUT2D eigenvalue weighted by molar-refractivity contribution is -0.127. The maximum absolute atomic E-state index is 12.3. The minimum absolute atomic E-state index is 0.0162. The molecule has 0 bridgehead atoms. The van der Waals surface area contributed by atoms with Gasteiger partial charge in [-0.1, -0.05) is 26.7 Å². The fourth-order valence-corrected chi connectivity index (χ4v) is 3.21. The lowest BCUT2D eigenvalue weighted by Crippen LogP contribution is -2.58. The van der Waals surface area contributed by atoms with Crippen molar-refractivity contribution in [3.8, 4) is 0 Å². The smallest absolute Gasteiger partial charge is 0.242 e. The van der Waals surface area contributed by atoms with Gasteiger partial charge in [-0.15, -0.1) is 0 Å². The summed E-state index contributed by atoms with van der Waals surface area (Å²) in [4.78, 5) is 12.3. The van der Waals surface area contributed by atoms with Gasteiger partial charge in [0, 0.05) is 12.6 Å². The molecule has 0 aromatic rings. The highest BCUT2D eigenvalue weighted by atomic mass is 16.5. The predicted octanol–water partition coefficient (Wildman–Crippen LogP) is 1.44. The summed E-state index contributed by atoms with van der Waals surface area (Å²) < 4.78 is 5.26. The normalized spacial score (nSPS) is 36.9. The first-order chi connectivity index (χ1) is 8.53. The second-order valence-corrected chi connectivity index (χ2v) is 6.23. The van der Waals surface area contributed by atoms with Crippen LogP contribution in [0.2, 0.25) is 0 Å². The van der Waals surface area contributed by atoms with Gasteiger partial charge in [-0.05, 0) is 31.1 Å². The first-order valence-electron chi connectivity index (χ1n) is 7.20. The second kappa shape index (κ2) is 5.57. The third-order valence-corrected chi connectivity index (χ3v) is 4.50. The van der Waals surface area contributed by atoms with Gasteiger partial charge in [-0.2, -0.15) is 0 Å². The molecule has 1 heterocycles. The van der Waals surface area contributed by atoms with E-state index in [1.807, 2.05) is 0 Å². The summed E-state index contributed by atoms with van der Waals surface area (Å²) in [5.41, 5.74) is 5.31. The molecule has 1 saturated carbocycles. The largest absolute Gasteiger partial charge is 0.379 e. The molecule has 1 saturated heterocycles. The Morgan fingerprint density at radius 3 is 2.72 bits per heavy atom. The van der Waals surface area contributed by atoms with Gasteiger partial charge in [-0.3, -0.25) is 4.79 Å². The molecular weight excluding hydrogens is 228 g/mol. The molecule has 2 rings (SSSR count). The summed E-state index contributed by atoms with van der Waals surface area (Å²) >= 11 is 0. The second-order valence-electron chi connectivity index (χ2n) is 6.23. The topological polar surface area (TPSA) is 64.4 Å². The maximum Gasteiger partial charge on any atom is 0.242 e. The van der Waals surface area contributed by atoms with Crippen molar-refractivity contribution in [2.24, 2.45) is 17.6 Å². The summed E-state index contributed by atoms with van der Waals surface area (Å²) in [6, 6.07) is 0.298. The van der Waals surface area contributed by atoms with Crippen LogP contribution >= 0.6 is 0 Å². The van der Waals surface area contributed by atoms with Crippen molar-refractivity contribution in [2.75, 3.05) is 13.2 Å². The van der Waals surface area contributed by atoms with Crippen LogP contribution < -0.4 is 11.1 Å². The molecule has 3 unspecified atom stereocenters. The van der Waals surface area contributed by atoms with E-state index < -0.39 is 5.54 Å². The monoisotopic (exact) mass is 254 g/mol. The van der Waals surface area contributed by atoms with Crippen LogP contribution in [0.1, 0.15) is 46.0 Å².